The fourth-order valence-corrected chi connectivity index (χ4v) is 9.34. The monoisotopic (exact) mass is 1390 g/mol. The van der Waals surface area contributed by atoms with Gasteiger partial charge in [-0.3, -0.25) is 28.8 Å². The smallest absolute Gasteiger partial charge is 1.00 e. The van der Waals surface area contributed by atoms with Crippen LogP contribution in [0.15, 0.2) is 128 Å². The molecular formula is C63H46F18N9NaO6. The first-order chi connectivity index (χ1) is 44.3. The molecule has 0 bridgehead atoms. The molecule has 0 radical (unpaired) electrons. The number of benzene rings is 6. The second kappa shape index (κ2) is 28.9. The number of nitrogens with zero attached hydrogens (tertiary/aromatic N) is 8. The number of rotatable bonds is 13. The molecule has 6 aromatic carbocycles. The predicted molar refractivity (Wildman–Crippen MR) is 307 cm³/mol. The number of carbonyl (C=O) groups excluding carboxylic acids is 3. The molecule has 97 heavy (non-hydrogen) atoms. The van der Waals surface area contributed by atoms with Crippen molar-refractivity contribution in [2.75, 3.05) is 6.61 Å². The minimum absolute atomic E-state index is 0. The van der Waals surface area contributed by atoms with Gasteiger partial charge in [0, 0.05) is 41.6 Å². The molecule has 0 unspecified atom stereocenters. The van der Waals surface area contributed by atoms with Crippen molar-refractivity contribution < 1.29 is 139 Å². The van der Waals surface area contributed by atoms with Gasteiger partial charge in [-0.05, 0) is 73.9 Å². The van der Waals surface area contributed by atoms with E-state index in [1.165, 1.54) is 48.7 Å². The van der Waals surface area contributed by atoms with Crippen molar-refractivity contribution >= 4 is 67.1 Å². The third-order valence-electron chi connectivity index (χ3n) is 14.5. The Kier molecular flexibility index (Phi) is 22.9. The fourth-order valence-electron chi connectivity index (χ4n) is 9.34. The first-order valence-corrected chi connectivity index (χ1v) is 27.3. The third kappa shape index (κ3) is 18.9. The van der Waals surface area contributed by atoms with Crippen LogP contribution in [0.1, 0.15) is 72.3 Å². The van der Waals surface area contributed by atoms with Gasteiger partial charge in [0.15, 0.2) is 34.4 Å². The molecule has 0 aliphatic carbocycles. The van der Waals surface area contributed by atoms with Gasteiger partial charge in [-0.15, -0.1) is 0 Å². The van der Waals surface area contributed by atoms with Crippen LogP contribution in [0.4, 0.5) is 96.1 Å². The third-order valence-corrected chi connectivity index (χ3v) is 14.5. The summed E-state index contributed by atoms with van der Waals surface area (Å²) < 4.78 is 240. The molecule has 3 atom stereocenters. The standard InChI is InChI=1S/2C21H15F6N3O2.C13H10F3NO2.C8H5F3N2.Na.H/c1-19(32,11-30-17-5-3-4-14(20(22,23)24)13(17)10-29-30)18(31)9-12-6-7-16(28-2)15(8-12)21(25,26)27;1-19(32,11-30-10-13-14(20(22,23)24)4-3-5-16(13)29-30)18(31)9-12-6-7-17(28-2)15(8-12)21(25,26)27;1-12(7-19-12)11(18)6-8-3-4-10(17-2)9(5-8)13(14,15)16;9-8(10,11)6-2-1-3-7-5(6)4-12-13-7;;/h2*3-8,10,32H,9,11H2,1H3;3-5H,6-7H2,1H3;1-4H,(H,12,13);;/q;;;;+1;-1/t2*19-;12-;;;/m000.../s1. The maximum absolute atomic E-state index is 13.2. The number of alkyl halides is 18. The van der Waals surface area contributed by atoms with E-state index >= 15 is 0 Å². The number of epoxide rings is 1. The Hall–Kier alpha value is -9.17. The Morgan fingerprint density at radius 1 is 0.546 bits per heavy atom. The van der Waals surface area contributed by atoms with E-state index in [0.717, 1.165) is 84.1 Å². The summed E-state index contributed by atoms with van der Waals surface area (Å²) in [6.07, 6.45) is -25.9. The molecular weight excluding hydrogens is 1340 g/mol. The normalized spacial score (nSPS) is 15.3. The molecule has 10 rings (SSSR count). The molecule has 3 aromatic heterocycles. The van der Waals surface area contributed by atoms with Gasteiger partial charge in [0.1, 0.15) is 16.8 Å². The van der Waals surface area contributed by atoms with Crippen molar-refractivity contribution in [2.45, 2.75) is 107 Å². The molecule has 4 heterocycles. The topological polar surface area (TPSA) is 182 Å². The molecule has 9 aromatic rings. The Labute approximate surface area is 559 Å². The van der Waals surface area contributed by atoms with E-state index in [2.05, 4.69) is 34.9 Å². The predicted octanol–water partition coefficient (Wildman–Crippen LogP) is 13.2. The first kappa shape index (κ1) is 76.8. The molecule has 1 fully saturated rings. The molecule has 3 N–H and O–H groups in total. The van der Waals surface area contributed by atoms with E-state index in [4.69, 9.17) is 24.5 Å². The van der Waals surface area contributed by atoms with Crippen LogP contribution in [-0.2, 0) is 88.5 Å². The second-order valence-corrected chi connectivity index (χ2v) is 22.0. The molecule has 506 valence electrons. The summed E-state index contributed by atoms with van der Waals surface area (Å²) in [5, 5.41) is 34.7. The Balaban J connectivity index is 0.000000246. The average Bonchev–Trinajstić information content (AvgIpc) is 1.61. The zero-order valence-corrected chi connectivity index (χ0v) is 52.3. The van der Waals surface area contributed by atoms with Gasteiger partial charge >= 0.3 is 66.6 Å². The van der Waals surface area contributed by atoms with Crippen LogP contribution >= 0.6 is 0 Å². The van der Waals surface area contributed by atoms with Crippen molar-refractivity contribution in [3.05, 3.63) is 212 Å². The van der Waals surface area contributed by atoms with Crippen molar-refractivity contribution in [2.24, 2.45) is 0 Å². The number of halogens is 18. The average molecular weight is 1390 g/mol. The summed E-state index contributed by atoms with van der Waals surface area (Å²) in [4.78, 5) is 45.4. The maximum Gasteiger partial charge on any atom is 1.00 e. The minimum atomic E-state index is -4.80. The van der Waals surface area contributed by atoms with Crippen LogP contribution in [0.3, 0.4) is 0 Å². The first-order valence-electron chi connectivity index (χ1n) is 27.3. The molecule has 0 amide bonds. The van der Waals surface area contributed by atoms with Gasteiger partial charge in [0.05, 0.1) is 102 Å². The van der Waals surface area contributed by atoms with Crippen LogP contribution in [0.25, 0.3) is 47.2 Å². The van der Waals surface area contributed by atoms with Crippen molar-refractivity contribution in [1.29, 1.82) is 0 Å². The molecule has 1 saturated heterocycles. The van der Waals surface area contributed by atoms with Gasteiger partial charge in [-0.2, -0.15) is 94.3 Å². The van der Waals surface area contributed by atoms with Crippen LogP contribution in [-0.4, -0.2) is 80.7 Å². The largest absolute Gasteiger partial charge is 1.00 e. The van der Waals surface area contributed by atoms with Gasteiger partial charge in [0.25, 0.3) is 0 Å². The number of hydrogen-bond acceptors (Lipinski definition) is 9. The quantitative estimate of drug-likeness (QED) is 0.0438. The van der Waals surface area contributed by atoms with Crippen molar-refractivity contribution in [1.82, 2.24) is 29.8 Å². The van der Waals surface area contributed by atoms with Gasteiger partial charge < -0.3 is 16.4 Å². The van der Waals surface area contributed by atoms with Gasteiger partial charge in [-0.1, -0.05) is 72.8 Å². The van der Waals surface area contributed by atoms with Crippen LogP contribution in [0.5, 0.6) is 0 Å². The van der Waals surface area contributed by atoms with E-state index in [-0.39, 0.29) is 87.1 Å². The van der Waals surface area contributed by atoms with Crippen LogP contribution in [0, 0.1) is 19.7 Å². The zero-order valence-electron chi connectivity index (χ0n) is 51.3. The summed E-state index contributed by atoms with van der Waals surface area (Å²) in [5.41, 5.74) is -12.2. The minimum Gasteiger partial charge on any atom is -1.00 e. The number of H-pyrrole nitrogens is 1. The number of hydrogen-bond donors (Lipinski definition) is 3. The summed E-state index contributed by atoms with van der Waals surface area (Å²) in [6, 6.07) is 19.6. The van der Waals surface area contributed by atoms with Gasteiger partial charge in [-0.25, -0.2) is 14.5 Å². The molecule has 1 aliphatic rings. The molecule has 34 heteroatoms. The maximum atomic E-state index is 13.2. The molecule has 0 spiro atoms. The van der Waals surface area contributed by atoms with Crippen molar-refractivity contribution in [3.63, 3.8) is 0 Å². The second-order valence-electron chi connectivity index (χ2n) is 22.0. The summed E-state index contributed by atoms with van der Waals surface area (Å²) in [7, 11) is 0. The Morgan fingerprint density at radius 2 is 0.938 bits per heavy atom. The number of Topliss-reactive ketones (excluding diaryl/α,β-unsaturated/α-hetero) is 3. The Morgan fingerprint density at radius 3 is 1.36 bits per heavy atom. The van der Waals surface area contributed by atoms with Gasteiger partial charge in [0.2, 0.25) is 0 Å². The number of nitrogens with one attached hydrogen (secondary N) is 1. The number of ether oxygens (including phenoxy) is 1. The summed E-state index contributed by atoms with van der Waals surface area (Å²) >= 11 is 0. The molecule has 15 nitrogen and oxygen atoms in total. The number of aliphatic hydroxyl groups is 2. The molecule has 0 saturated carbocycles. The van der Waals surface area contributed by atoms with Crippen LogP contribution in [0.2, 0.25) is 0 Å². The number of ketones is 3. The summed E-state index contributed by atoms with van der Waals surface area (Å²) in [5.74, 6) is -1.98. The SMILES string of the molecule is FC(F)(F)c1cccc2[nH]ncc12.[C-]#[N+]c1ccc(CC(=O)[C@@](C)(O)Cn2cc3c(C(F)(F)F)cccc3n2)cc1C(F)(F)F.[C-]#[N+]c1ccc(CC(=O)[C@@](C)(O)Cn2ncc3c(C(F)(F)F)cccc32)cc1C(F)(F)F.[C-]#[N+]c1ccc(CC(=O)[C@]2(C)CO2)cc1C(F)(F)F.[H-].[Na+]. The van der Waals surface area contributed by atoms with E-state index < -0.39 is 142 Å². The van der Waals surface area contributed by atoms with E-state index in [0.29, 0.717) is 24.3 Å². The Bertz CT molecular complexity index is 4520. The number of aromatic nitrogens is 6. The van der Waals surface area contributed by atoms with E-state index in [9.17, 15) is 104 Å². The number of fused-ring (bicyclic) bond motifs is 3. The fraction of sp³-hybridized carbons (Fsp3) is 0.286. The number of carbonyl (C=O) groups is 3. The number of aromatic amines is 1. The summed E-state index contributed by atoms with van der Waals surface area (Å²) in [6.45, 7) is 23.5. The van der Waals surface area contributed by atoms with E-state index in [1.807, 2.05) is 0 Å². The van der Waals surface area contributed by atoms with Crippen molar-refractivity contribution in [3.8, 4) is 0 Å². The zero-order chi connectivity index (χ0) is 71.5. The molecule has 1 aliphatic heterocycles. The van der Waals surface area contributed by atoms with Crippen LogP contribution < -0.4 is 29.6 Å². The van der Waals surface area contributed by atoms with E-state index in [1.54, 1.807) is 13.0 Å².